The minimum absolute atomic E-state index is 0.308. The number of hydrogen-bond donors (Lipinski definition) is 2. The molecule has 0 aliphatic rings. The van der Waals surface area contributed by atoms with E-state index in [9.17, 15) is 9.18 Å². The van der Waals surface area contributed by atoms with Gasteiger partial charge in [-0.2, -0.15) is 5.26 Å². The summed E-state index contributed by atoms with van der Waals surface area (Å²) in [4.78, 5) is 13.1. The Morgan fingerprint density at radius 2 is 2.33 bits per heavy atom. The van der Waals surface area contributed by atoms with Crippen LogP contribution in [0.5, 0.6) is 0 Å². The fourth-order valence-electron chi connectivity index (χ4n) is 1.53. The van der Waals surface area contributed by atoms with E-state index >= 15 is 0 Å². The van der Waals surface area contributed by atoms with Gasteiger partial charge in [0.05, 0.1) is 6.07 Å². The van der Waals surface area contributed by atoms with Crippen LogP contribution in [0.3, 0.4) is 0 Å². The summed E-state index contributed by atoms with van der Waals surface area (Å²) < 4.78 is 13.6. The van der Waals surface area contributed by atoms with Crippen LogP contribution >= 0.6 is 0 Å². The largest absolute Gasteiger partial charge is 0.301 e. The molecule has 0 bridgehead atoms. The van der Waals surface area contributed by atoms with E-state index in [1.807, 2.05) is 16.4 Å². The zero-order valence-corrected chi connectivity index (χ0v) is 10.1. The van der Waals surface area contributed by atoms with Crippen LogP contribution < -0.4 is 11.3 Å². The molecule has 0 aromatic heterocycles. The van der Waals surface area contributed by atoms with E-state index in [0.717, 1.165) is 0 Å². The van der Waals surface area contributed by atoms with Crippen molar-refractivity contribution < 1.29 is 9.18 Å². The Morgan fingerprint density at radius 3 is 2.94 bits per heavy atom. The number of carbonyl (C=O) groups excluding carboxylic acids is 1. The number of nitrogens with one attached hydrogen (secondary N) is 1. The molecule has 96 valence electrons. The maximum absolute atomic E-state index is 13.6. The van der Waals surface area contributed by atoms with Crippen molar-refractivity contribution in [3.63, 3.8) is 0 Å². The Hall–Kier alpha value is -1.97. The third-order valence-corrected chi connectivity index (χ3v) is 2.48. The number of rotatable bonds is 5. The van der Waals surface area contributed by atoms with Crippen LogP contribution in [0.25, 0.3) is 0 Å². The number of nitrogens with zero attached hydrogens (tertiary/aromatic N) is 2. The molecule has 1 aromatic carbocycles. The van der Waals surface area contributed by atoms with E-state index in [1.54, 1.807) is 7.05 Å². The molecule has 0 heterocycles. The number of carbonyl (C=O) groups is 1. The average molecular weight is 250 g/mol. The van der Waals surface area contributed by atoms with Crippen molar-refractivity contribution >= 4 is 5.91 Å². The van der Waals surface area contributed by atoms with Gasteiger partial charge in [0.25, 0.3) is 5.91 Å². The minimum atomic E-state index is -0.462. The molecule has 6 heteroatoms. The van der Waals surface area contributed by atoms with Crippen molar-refractivity contribution in [2.24, 2.45) is 5.84 Å². The highest BCUT2D eigenvalue weighted by molar-refractivity contribution is 5.93. The molecule has 0 radical (unpaired) electrons. The van der Waals surface area contributed by atoms with Crippen molar-refractivity contribution in [3.8, 4) is 6.07 Å². The number of nitrogen functional groups attached to an aromatic ring is 1. The summed E-state index contributed by atoms with van der Waals surface area (Å²) in [5, 5.41) is 8.47. The predicted octanol–water partition coefficient (Wildman–Crippen LogP) is 0.775. The standard InChI is InChI=1S/C12H15FN4O/c1-17(6-2-5-14)8-10-7-9(12(18)16-15)3-4-11(10)13/h3-4,7H,2,6,8,15H2,1H3,(H,16,18). The Morgan fingerprint density at radius 1 is 1.61 bits per heavy atom. The smallest absolute Gasteiger partial charge is 0.265 e. The van der Waals surface area contributed by atoms with Crippen LogP contribution in [-0.4, -0.2) is 24.4 Å². The molecule has 0 aliphatic carbocycles. The first-order valence-electron chi connectivity index (χ1n) is 5.43. The Kier molecular flexibility index (Phi) is 5.24. The lowest BCUT2D eigenvalue weighted by Crippen LogP contribution is -2.30. The zero-order valence-electron chi connectivity index (χ0n) is 10.1. The summed E-state index contributed by atoms with van der Waals surface area (Å²) >= 11 is 0. The highest BCUT2D eigenvalue weighted by Gasteiger charge is 2.10. The minimum Gasteiger partial charge on any atom is -0.301 e. The first-order valence-corrected chi connectivity index (χ1v) is 5.43. The van der Waals surface area contributed by atoms with Gasteiger partial charge in [-0.3, -0.25) is 10.2 Å². The van der Waals surface area contributed by atoms with E-state index in [0.29, 0.717) is 30.6 Å². The van der Waals surface area contributed by atoms with E-state index in [1.165, 1.54) is 18.2 Å². The van der Waals surface area contributed by atoms with Gasteiger partial charge in [0.15, 0.2) is 0 Å². The number of hydrogen-bond acceptors (Lipinski definition) is 4. The maximum atomic E-state index is 13.6. The fourth-order valence-corrected chi connectivity index (χ4v) is 1.53. The number of nitrogens with two attached hydrogens (primary N) is 1. The van der Waals surface area contributed by atoms with Gasteiger partial charge in [-0.05, 0) is 25.2 Å². The van der Waals surface area contributed by atoms with Gasteiger partial charge in [0, 0.05) is 30.6 Å². The summed E-state index contributed by atoms with van der Waals surface area (Å²) in [5.74, 6) is 4.18. The lowest BCUT2D eigenvalue weighted by atomic mass is 10.1. The third-order valence-electron chi connectivity index (χ3n) is 2.48. The van der Waals surface area contributed by atoms with Crippen LogP contribution in [-0.2, 0) is 6.54 Å². The number of benzene rings is 1. The van der Waals surface area contributed by atoms with Crippen molar-refractivity contribution in [2.75, 3.05) is 13.6 Å². The zero-order chi connectivity index (χ0) is 13.5. The van der Waals surface area contributed by atoms with Gasteiger partial charge >= 0.3 is 0 Å². The van der Waals surface area contributed by atoms with Crippen molar-refractivity contribution in [1.82, 2.24) is 10.3 Å². The van der Waals surface area contributed by atoms with Gasteiger partial charge in [-0.15, -0.1) is 0 Å². The van der Waals surface area contributed by atoms with Crippen LogP contribution in [0, 0.1) is 17.1 Å². The van der Waals surface area contributed by atoms with Crippen LogP contribution in [0.4, 0.5) is 4.39 Å². The Balaban J connectivity index is 2.81. The maximum Gasteiger partial charge on any atom is 0.265 e. The topological polar surface area (TPSA) is 82.2 Å². The normalized spacial score (nSPS) is 10.2. The Labute approximate surface area is 105 Å². The van der Waals surface area contributed by atoms with Crippen molar-refractivity contribution in [2.45, 2.75) is 13.0 Å². The Bertz CT molecular complexity index is 470. The molecule has 0 spiro atoms. The number of amides is 1. The molecule has 0 saturated carbocycles. The summed E-state index contributed by atoms with van der Waals surface area (Å²) in [7, 11) is 1.78. The lowest BCUT2D eigenvalue weighted by molar-refractivity contribution is 0.0953. The van der Waals surface area contributed by atoms with Gasteiger partial charge < -0.3 is 4.90 Å². The van der Waals surface area contributed by atoms with E-state index in [4.69, 9.17) is 11.1 Å². The molecule has 1 aromatic rings. The molecule has 1 amide bonds. The number of nitriles is 1. The number of hydrazine groups is 1. The summed E-state index contributed by atoms with van der Waals surface area (Å²) in [6.45, 7) is 0.877. The quantitative estimate of drug-likeness (QED) is 0.459. The molecule has 18 heavy (non-hydrogen) atoms. The second-order valence-electron chi connectivity index (χ2n) is 3.93. The predicted molar refractivity (Wildman–Crippen MR) is 64.6 cm³/mol. The second-order valence-corrected chi connectivity index (χ2v) is 3.93. The summed E-state index contributed by atoms with van der Waals surface area (Å²) in [6.07, 6.45) is 0.376. The molecule has 5 nitrogen and oxygen atoms in total. The van der Waals surface area contributed by atoms with Crippen molar-refractivity contribution in [3.05, 3.63) is 35.1 Å². The van der Waals surface area contributed by atoms with Crippen LogP contribution in [0.1, 0.15) is 22.3 Å². The molecule has 0 unspecified atom stereocenters. The number of halogens is 1. The highest BCUT2D eigenvalue weighted by Crippen LogP contribution is 2.12. The van der Waals surface area contributed by atoms with Gasteiger partial charge in [-0.1, -0.05) is 0 Å². The van der Waals surface area contributed by atoms with Crippen molar-refractivity contribution in [1.29, 1.82) is 5.26 Å². The molecule has 0 atom stereocenters. The molecule has 1 rings (SSSR count). The van der Waals surface area contributed by atoms with Gasteiger partial charge in [-0.25, -0.2) is 10.2 Å². The molecule has 0 fully saturated rings. The monoisotopic (exact) mass is 250 g/mol. The second kappa shape index (κ2) is 6.69. The molecule has 3 N–H and O–H groups in total. The SMILES string of the molecule is CN(CCC#N)Cc1cc(C(=O)NN)ccc1F. The van der Waals surface area contributed by atoms with Crippen LogP contribution in [0.2, 0.25) is 0 Å². The first-order chi connectivity index (χ1) is 8.58. The van der Waals surface area contributed by atoms with E-state index in [-0.39, 0.29) is 5.82 Å². The third kappa shape index (κ3) is 3.80. The lowest BCUT2D eigenvalue weighted by Gasteiger charge is -2.15. The van der Waals surface area contributed by atoms with E-state index < -0.39 is 5.91 Å². The molecule has 0 aliphatic heterocycles. The first kappa shape index (κ1) is 14.1. The molecular weight excluding hydrogens is 235 g/mol. The van der Waals surface area contributed by atoms with Gasteiger partial charge in [0.2, 0.25) is 0 Å². The molecular formula is C12H15FN4O. The van der Waals surface area contributed by atoms with Gasteiger partial charge in [0.1, 0.15) is 5.82 Å². The summed E-state index contributed by atoms with van der Waals surface area (Å²) in [5.41, 5.74) is 2.71. The fraction of sp³-hybridized carbons (Fsp3) is 0.333. The average Bonchev–Trinajstić information content (AvgIpc) is 2.38. The van der Waals surface area contributed by atoms with Crippen LogP contribution in [0.15, 0.2) is 18.2 Å². The van der Waals surface area contributed by atoms with E-state index in [2.05, 4.69) is 0 Å². The molecule has 0 saturated heterocycles. The highest BCUT2D eigenvalue weighted by atomic mass is 19.1. The summed E-state index contributed by atoms with van der Waals surface area (Å²) in [6, 6.07) is 6.09.